The van der Waals surface area contributed by atoms with Crippen molar-refractivity contribution >= 4 is 129 Å². The number of aliphatic carboxylic acids is 1. The number of pyridine rings is 1. The summed E-state index contributed by atoms with van der Waals surface area (Å²) in [5.74, 6) is 8.78. The van der Waals surface area contributed by atoms with Crippen molar-refractivity contribution < 1.29 is 165 Å². The molecule has 3 aliphatic heterocycles. The minimum atomic E-state index is -5.12. The molecule has 40 heteroatoms. The Balaban J connectivity index is 0.00000849. The first kappa shape index (κ1) is 85.6. The number of hydrogen-bond donors (Lipinski definition) is 8. The van der Waals surface area contributed by atoms with Gasteiger partial charge in [-0.25, -0.2) is 26.4 Å². The van der Waals surface area contributed by atoms with Crippen LogP contribution in [0.3, 0.4) is 0 Å². The number of fused-ring (bicyclic) bond motifs is 2. The molecule has 0 bridgehead atoms. The molecule has 104 heavy (non-hydrogen) atoms. The van der Waals surface area contributed by atoms with Gasteiger partial charge in [-0.1, -0.05) is 50.0 Å². The first-order valence-electron chi connectivity index (χ1n) is 30.1. The molecule has 8 N–H and O–H groups in total. The van der Waals surface area contributed by atoms with Crippen LogP contribution in [0.4, 0.5) is 28.6 Å². The molecule has 0 saturated heterocycles. The van der Waals surface area contributed by atoms with Crippen LogP contribution in [0.15, 0.2) is 174 Å². The van der Waals surface area contributed by atoms with Gasteiger partial charge in [-0.3, -0.25) is 45.8 Å². The number of amides is 2. The first-order chi connectivity index (χ1) is 47.1. The number of carboxylic acid groups (broad SMARTS) is 1. The zero-order valence-corrected chi connectivity index (χ0v) is 66.6. The number of aromatic nitrogens is 1. The van der Waals surface area contributed by atoms with Crippen LogP contribution < -0.4 is 82.9 Å². The number of sulfonamides is 2. The Labute approximate surface area is 646 Å². The number of rotatable bonds is 26. The molecule has 0 spiro atoms. The Hall–Kier alpha value is -7.29. The molecule has 31 nitrogen and oxygen atoms in total. The van der Waals surface area contributed by atoms with E-state index < -0.39 is 149 Å². The molecule has 3 aliphatic rings. The third-order valence-electron chi connectivity index (χ3n) is 15.9. The summed E-state index contributed by atoms with van der Waals surface area (Å²) in [6, 6.07) is 17.7. The van der Waals surface area contributed by atoms with Crippen LogP contribution in [0, 0.1) is 29.1 Å². The van der Waals surface area contributed by atoms with E-state index in [1.54, 1.807) is 82.3 Å². The van der Waals surface area contributed by atoms with Crippen molar-refractivity contribution in [2.75, 3.05) is 57.1 Å². The molecular formula is C64H67N8Na2O23S7+3. The number of aliphatic imine (C=N–C) groups is 2. The van der Waals surface area contributed by atoms with Crippen molar-refractivity contribution in [2.45, 2.75) is 91.3 Å². The average Bonchev–Trinajstić information content (AvgIpc) is 1.60. The normalized spacial score (nSPS) is 15.2. The van der Waals surface area contributed by atoms with Gasteiger partial charge in [-0.05, 0) is 147 Å². The van der Waals surface area contributed by atoms with Gasteiger partial charge in [0.1, 0.15) is 28.4 Å². The molecule has 1 aromatic heterocycles. The number of carboxylic acids is 1. The summed E-state index contributed by atoms with van der Waals surface area (Å²) in [5.41, 5.74) is -0.000878. The van der Waals surface area contributed by atoms with Crippen LogP contribution in [-0.4, -0.2) is 159 Å². The zero-order valence-electron chi connectivity index (χ0n) is 56.9. The summed E-state index contributed by atoms with van der Waals surface area (Å²) in [5, 5.41) is 13.6. The van der Waals surface area contributed by atoms with Crippen molar-refractivity contribution in [1.82, 2.24) is 4.90 Å². The molecule has 2 amide bonds. The molecule has 5 aromatic rings. The Morgan fingerprint density at radius 3 is 1.56 bits per heavy atom. The summed E-state index contributed by atoms with van der Waals surface area (Å²) in [7, 11) is -32.3. The van der Waals surface area contributed by atoms with Crippen LogP contribution >= 0.6 is 0 Å². The van der Waals surface area contributed by atoms with Crippen molar-refractivity contribution in [1.29, 1.82) is 0 Å². The fourth-order valence-electron chi connectivity index (χ4n) is 10.8. The van der Waals surface area contributed by atoms with Gasteiger partial charge in [0.2, 0.25) is 26.0 Å². The van der Waals surface area contributed by atoms with Gasteiger partial charge < -0.3 is 20.6 Å². The number of anilines is 4. The molecular weight excluding hydrogens is 1520 g/mol. The number of unbranched alkanes of at least 4 members (excludes halogenated alkanes) is 2. The van der Waals surface area contributed by atoms with Crippen LogP contribution in [0.1, 0.15) is 82.1 Å². The summed E-state index contributed by atoms with van der Waals surface area (Å²) in [6.07, 6.45) is 12.3. The van der Waals surface area contributed by atoms with Crippen molar-refractivity contribution in [3.63, 3.8) is 0 Å². The molecule has 0 saturated carbocycles. The number of carbonyl (C=O) groups is 3. The Morgan fingerprint density at radius 1 is 0.587 bits per heavy atom. The van der Waals surface area contributed by atoms with E-state index in [0.717, 1.165) is 16.8 Å². The molecule has 4 heterocycles. The van der Waals surface area contributed by atoms with Gasteiger partial charge in [-0.2, -0.15) is 42.1 Å². The maximum absolute atomic E-state index is 14.1. The second-order valence-electron chi connectivity index (χ2n) is 24.4. The molecule has 0 aliphatic carbocycles. The number of allylic oxidation sites excluding steroid dienone is 6. The number of hydrogen-bond acceptors (Lipinski definition) is 20. The number of nitrogens with zero attached hydrogens (tertiary/aromatic N) is 6. The monoisotopic (exact) mass is 1590 g/mol. The molecule has 0 unspecified atom stereocenters. The predicted molar refractivity (Wildman–Crippen MR) is 375 cm³/mol. The average molecular weight is 1590 g/mol. The zero-order chi connectivity index (χ0) is 75.5. The van der Waals surface area contributed by atoms with Gasteiger partial charge in [0.25, 0.3) is 56.5 Å². The van der Waals surface area contributed by atoms with Gasteiger partial charge in [0, 0.05) is 53.4 Å². The smallest absolute Gasteiger partial charge is 0.481 e. The Bertz CT molecular complexity index is 5490. The molecule has 0 radical (unpaired) electrons. The molecule has 0 fully saturated rings. The second-order valence-corrected chi connectivity index (χ2v) is 35.4. The van der Waals surface area contributed by atoms with Crippen LogP contribution in [-0.2, 0) is 97.0 Å². The van der Waals surface area contributed by atoms with Gasteiger partial charge in [0.15, 0.2) is 12.3 Å². The number of benzene rings is 4. The van der Waals surface area contributed by atoms with Crippen molar-refractivity contribution in [3.8, 4) is 23.7 Å². The topological polar surface area (TPSA) is 474 Å². The predicted octanol–water partition coefficient (Wildman–Crippen LogP) is -0.479. The van der Waals surface area contributed by atoms with Crippen molar-refractivity contribution in [2.24, 2.45) is 15.4 Å². The van der Waals surface area contributed by atoms with Gasteiger partial charge >= 0.3 is 70.9 Å². The summed E-state index contributed by atoms with van der Waals surface area (Å²) >= 11 is 0. The molecule has 542 valence electrons. The van der Waals surface area contributed by atoms with E-state index in [1.165, 1.54) is 50.4 Å². The Kier molecular flexibility index (Phi) is 27.4. The van der Waals surface area contributed by atoms with Crippen LogP contribution in [0.25, 0.3) is 0 Å². The number of amidine groups is 1. The van der Waals surface area contributed by atoms with E-state index in [2.05, 4.69) is 34.3 Å². The summed E-state index contributed by atoms with van der Waals surface area (Å²) in [4.78, 5) is 46.8. The third-order valence-corrected chi connectivity index (χ3v) is 22.6. The second kappa shape index (κ2) is 33.2. The van der Waals surface area contributed by atoms with Gasteiger partial charge in [-0.15, -0.1) is 0 Å². The van der Waals surface area contributed by atoms with E-state index in [-0.39, 0.29) is 114 Å². The molecule has 4 aromatic carbocycles. The molecule has 8 rings (SSSR count). The Morgan fingerprint density at radius 2 is 1.08 bits per heavy atom. The summed E-state index contributed by atoms with van der Waals surface area (Å²) < 4.78 is 224. The maximum atomic E-state index is 14.1. The molecule has 0 atom stereocenters. The van der Waals surface area contributed by atoms with E-state index in [9.17, 15) is 96.1 Å². The summed E-state index contributed by atoms with van der Waals surface area (Å²) in [6.45, 7) is 5.64. The van der Waals surface area contributed by atoms with Crippen molar-refractivity contribution in [3.05, 3.63) is 167 Å². The van der Waals surface area contributed by atoms with Crippen LogP contribution in [0.5, 0.6) is 0 Å². The first-order valence-corrected chi connectivity index (χ1v) is 41.2. The fraction of sp³-hybridized carbons (Fsp3) is 0.281. The quantitative estimate of drug-likeness (QED) is 0.0114. The van der Waals surface area contributed by atoms with E-state index >= 15 is 0 Å². The van der Waals surface area contributed by atoms with Crippen LogP contribution in [0.2, 0.25) is 0 Å². The largest absolute Gasteiger partial charge is 1.00 e. The minimum Gasteiger partial charge on any atom is -0.481 e. The van der Waals surface area contributed by atoms with Gasteiger partial charge in [0.05, 0.1) is 73.0 Å². The fourth-order valence-corrected chi connectivity index (χ4v) is 15.5. The van der Waals surface area contributed by atoms with E-state index in [0.29, 0.717) is 95.0 Å². The third kappa shape index (κ3) is 22.2. The van der Waals surface area contributed by atoms with E-state index in [4.69, 9.17) is 15.1 Å². The standard InChI is InChI=1S/C64H66N8O23S7.2Na/c1-63(2)50-34-44(17-15-42-19-23-46(24-20-42)71(96(5,77)78)31-9-7-8-14-60(75)76)38-69(40-58(73)65-52-36-48(99(84,85)86)27-29-54(52)101(90,91)92)61(50)67-56(63)12-10-13-57-64(3,4)51-35-45(18-16-43-21-25-47(26-22-43)72(97(6,79)80)32-11-33-98(81,82)83)39-70(62(51)68-57)41-59(74)66-53-37-49(100(87,88)89)28-30-55(53)102(93,94)95;;/h10,12-13,19-30,34-39H,7-9,11,14,31-33,40-41H2,1-6H3,(H7-,65,66,73,74,75,76,81,82,83,84,85,86,87,88,89,90,91,92,93,94,95);;/q;2*+1/p+1. The minimum absolute atomic E-state index is 0. The SMILES string of the molecule is CC1(C)C2=CC(C#Cc3ccc(N(CCCS(=O)(=O)O)S(C)(=O)=O)cc3)=CN(CC(=O)Nc3cc(S(=O)(=O)O)ccc3S(=O)(=O)O)C2=N/C1=C\C=C\C1=Nc2c(cc(C#Cc3ccc(N(CCCCCC(=O)O)S(C)(=O)=O)cc3)c[n+]2CC(=O)Nc2cc(S(=O)(=O)O)ccc2S(=O)(=O)O)C1(C)C.[Na+].[Na+]. The maximum Gasteiger partial charge on any atom is 1.00 e. The number of nitrogens with one attached hydrogen (secondary N) is 2. The van der Waals surface area contributed by atoms with E-state index in [1.807, 2.05) is 0 Å². The number of carbonyl (C=O) groups excluding carboxylic acids is 2.